The normalized spacial score (nSPS) is 10.5. The van der Waals surface area contributed by atoms with Crippen LogP contribution in [0, 0.1) is 0 Å². The summed E-state index contributed by atoms with van der Waals surface area (Å²) in [5.41, 5.74) is 7.54. The molecule has 0 fully saturated rings. The summed E-state index contributed by atoms with van der Waals surface area (Å²) in [6.07, 6.45) is 3.50. The number of hydrogen-bond acceptors (Lipinski definition) is 4. The van der Waals surface area contributed by atoms with Gasteiger partial charge in [0.25, 0.3) is 0 Å². The van der Waals surface area contributed by atoms with E-state index < -0.39 is 0 Å². The van der Waals surface area contributed by atoms with Crippen molar-refractivity contribution in [3.63, 3.8) is 0 Å². The smallest absolute Gasteiger partial charge is 0.106 e. The molecule has 0 radical (unpaired) electrons. The van der Waals surface area contributed by atoms with E-state index >= 15 is 0 Å². The maximum Gasteiger partial charge on any atom is 0.106 e. The number of aromatic nitrogens is 1. The zero-order chi connectivity index (χ0) is 12.1. The van der Waals surface area contributed by atoms with Crippen LogP contribution in [0.1, 0.15) is 5.56 Å². The van der Waals surface area contributed by atoms with E-state index in [1.54, 1.807) is 12.4 Å². The zero-order valence-corrected chi connectivity index (χ0v) is 10.8. The molecule has 1 heterocycles. The summed E-state index contributed by atoms with van der Waals surface area (Å²) >= 11 is 5.02. The molecule has 0 aliphatic heterocycles. The highest BCUT2D eigenvalue weighted by atomic mass is 32.1. The first-order valence-corrected chi connectivity index (χ1v) is 5.53. The van der Waals surface area contributed by atoms with Gasteiger partial charge in [-0.1, -0.05) is 12.2 Å². The van der Waals surface area contributed by atoms with Gasteiger partial charge in [0.1, 0.15) is 4.99 Å². The Kier molecular flexibility index (Phi) is 4.64. The van der Waals surface area contributed by atoms with Crippen LogP contribution < -0.4 is 10.6 Å². The number of rotatable bonds is 5. The minimum Gasteiger partial charge on any atom is -0.389 e. The Hall–Kier alpha value is -1.20. The van der Waals surface area contributed by atoms with Crippen molar-refractivity contribution in [2.45, 2.75) is 0 Å². The molecule has 0 saturated heterocycles. The molecule has 0 aliphatic rings. The van der Waals surface area contributed by atoms with Gasteiger partial charge in [0.05, 0.1) is 11.9 Å². The third-order valence-corrected chi connectivity index (χ3v) is 2.58. The number of nitrogens with two attached hydrogens (primary N) is 1. The largest absolute Gasteiger partial charge is 0.389 e. The molecule has 88 valence electrons. The van der Waals surface area contributed by atoms with Crippen LogP contribution in [0.5, 0.6) is 0 Å². The molecule has 1 rings (SSSR count). The number of hydrogen-bond donors (Lipinski definition) is 1. The highest BCUT2D eigenvalue weighted by Gasteiger charge is 2.09. The fraction of sp³-hybridized carbons (Fsp3) is 0.455. The predicted octanol–water partition coefficient (Wildman–Crippen LogP) is 0.714. The molecule has 0 amide bonds. The lowest BCUT2D eigenvalue weighted by Gasteiger charge is -2.23. The van der Waals surface area contributed by atoms with Crippen LogP contribution in [0.2, 0.25) is 0 Å². The Morgan fingerprint density at radius 3 is 2.62 bits per heavy atom. The van der Waals surface area contributed by atoms with Crippen LogP contribution >= 0.6 is 12.2 Å². The molecule has 2 N–H and O–H groups in total. The summed E-state index contributed by atoms with van der Waals surface area (Å²) < 4.78 is 0. The van der Waals surface area contributed by atoms with Crippen LogP contribution in [0.3, 0.4) is 0 Å². The predicted molar refractivity (Wildman–Crippen MR) is 71.9 cm³/mol. The Balaban J connectivity index is 2.82. The number of anilines is 1. The fourth-order valence-corrected chi connectivity index (χ4v) is 1.54. The zero-order valence-electron chi connectivity index (χ0n) is 9.97. The lowest BCUT2D eigenvalue weighted by atomic mass is 10.2. The molecule has 0 bridgehead atoms. The summed E-state index contributed by atoms with van der Waals surface area (Å²) in [7, 11) is 6.11. The molecule has 0 aliphatic carbocycles. The van der Waals surface area contributed by atoms with E-state index in [-0.39, 0.29) is 0 Å². The first-order valence-electron chi connectivity index (χ1n) is 5.12. The highest BCUT2D eigenvalue weighted by Crippen LogP contribution is 2.17. The average Bonchev–Trinajstić information content (AvgIpc) is 2.25. The van der Waals surface area contributed by atoms with E-state index in [1.807, 2.05) is 27.2 Å². The van der Waals surface area contributed by atoms with E-state index in [0.717, 1.165) is 24.3 Å². The Bertz CT molecular complexity index is 365. The van der Waals surface area contributed by atoms with E-state index in [2.05, 4.69) is 14.8 Å². The second-order valence-electron chi connectivity index (χ2n) is 3.98. The van der Waals surface area contributed by atoms with E-state index in [1.165, 1.54) is 0 Å². The molecule has 0 aromatic carbocycles. The van der Waals surface area contributed by atoms with Crippen molar-refractivity contribution in [1.29, 1.82) is 0 Å². The van der Waals surface area contributed by atoms with Gasteiger partial charge in [-0.3, -0.25) is 4.98 Å². The number of pyridine rings is 1. The molecule has 0 unspecified atom stereocenters. The third-order valence-electron chi connectivity index (χ3n) is 2.36. The van der Waals surface area contributed by atoms with Crippen LogP contribution in [0.15, 0.2) is 18.5 Å². The molecule has 0 atom stereocenters. The minimum absolute atomic E-state index is 0.411. The van der Waals surface area contributed by atoms with Gasteiger partial charge >= 0.3 is 0 Å². The van der Waals surface area contributed by atoms with Gasteiger partial charge in [0.2, 0.25) is 0 Å². The van der Waals surface area contributed by atoms with Gasteiger partial charge in [0, 0.05) is 31.9 Å². The third kappa shape index (κ3) is 3.43. The van der Waals surface area contributed by atoms with Crippen LogP contribution in [-0.2, 0) is 0 Å². The monoisotopic (exact) mass is 238 g/mol. The molecule has 1 aromatic heterocycles. The molecule has 0 saturated carbocycles. The van der Waals surface area contributed by atoms with Gasteiger partial charge in [-0.2, -0.15) is 0 Å². The average molecular weight is 238 g/mol. The van der Waals surface area contributed by atoms with Gasteiger partial charge in [0.15, 0.2) is 0 Å². The second kappa shape index (κ2) is 5.77. The fourth-order valence-electron chi connectivity index (χ4n) is 1.37. The van der Waals surface area contributed by atoms with E-state index in [0.29, 0.717) is 4.99 Å². The Morgan fingerprint density at radius 1 is 1.38 bits per heavy atom. The van der Waals surface area contributed by atoms with E-state index in [9.17, 15) is 0 Å². The lowest BCUT2D eigenvalue weighted by molar-refractivity contribution is 0.416. The van der Waals surface area contributed by atoms with Gasteiger partial charge in [-0.25, -0.2) is 0 Å². The summed E-state index contributed by atoms with van der Waals surface area (Å²) in [5, 5.41) is 0. The summed E-state index contributed by atoms with van der Waals surface area (Å²) in [6.45, 7) is 1.89. The number of nitrogens with zero attached hydrogens (tertiary/aromatic N) is 3. The SMILES string of the molecule is CN(C)CCN(C)c1cnccc1C(N)=S. The van der Waals surface area contributed by atoms with Crippen LogP contribution in [0.25, 0.3) is 0 Å². The molecule has 1 aromatic rings. The van der Waals surface area contributed by atoms with Crippen LogP contribution in [-0.4, -0.2) is 49.1 Å². The molecule has 5 heteroatoms. The summed E-state index contributed by atoms with van der Waals surface area (Å²) in [4.78, 5) is 8.76. The maximum absolute atomic E-state index is 5.67. The van der Waals surface area contributed by atoms with E-state index in [4.69, 9.17) is 18.0 Å². The van der Waals surface area contributed by atoms with Crippen molar-refractivity contribution in [3.05, 3.63) is 24.0 Å². The standard InChI is InChI=1S/C11H18N4S/c1-14(2)6-7-15(3)10-8-13-5-4-9(10)11(12)16/h4-5,8H,6-7H2,1-3H3,(H2,12,16). The first-order chi connectivity index (χ1) is 7.52. The van der Waals surface area contributed by atoms with Gasteiger partial charge in [-0.15, -0.1) is 0 Å². The lowest BCUT2D eigenvalue weighted by Crippen LogP contribution is -2.30. The summed E-state index contributed by atoms with van der Waals surface area (Å²) in [6, 6.07) is 1.85. The van der Waals surface area contributed by atoms with Crippen molar-refractivity contribution in [1.82, 2.24) is 9.88 Å². The Labute approximate surface area is 102 Å². The number of thiocarbonyl (C=S) groups is 1. The van der Waals surface area contributed by atoms with Crippen molar-refractivity contribution in [2.75, 3.05) is 39.1 Å². The van der Waals surface area contributed by atoms with Gasteiger partial charge < -0.3 is 15.5 Å². The number of likely N-dealkylation sites (N-methyl/N-ethyl adjacent to an activating group) is 2. The second-order valence-corrected chi connectivity index (χ2v) is 4.42. The molecule has 16 heavy (non-hydrogen) atoms. The molecular formula is C11H18N4S. The Morgan fingerprint density at radius 2 is 2.06 bits per heavy atom. The minimum atomic E-state index is 0.411. The topological polar surface area (TPSA) is 45.4 Å². The summed E-state index contributed by atoms with van der Waals surface area (Å²) in [5.74, 6) is 0. The highest BCUT2D eigenvalue weighted by molar-refractivity contribution is 7.80. The quantitative estimate of drug-likeness (QED) is 0.766. The van der Waals surface area contributed by atoms with Crippen LogP contribution in [0.4, 0.5) is 5.69 Å². The van der Waals surface area contributed by atoms with Crippen molar-refractivity contribution >= 4 is 22.9 Å². The first kappa shape index (κ1) is 12.9. The maximum atomic E-state index is 5.67. The van der Waals surface area contributed by atoms with Gasteiger partial charge in [-0.05, 0) is 20.2 Å². The molecule has 0 spiro atoms. The van der Waals surface area contributed by atoms with Crippen molar-refractivity contribution in [2.24, 2.45) is 5.73 Å². The molecule has 4 nitrogen and oxygen atoms in total. The van der Waals surface area contributed by atoms with Crippen molar-refractivity contribution in [3.8, 4) is 0 Å². The molecular weight excluding hydrogens is 220 g/mol. The van der Waals surface area contributed by atoms with Crippen molar-refractivity contribution < 1.29 is 0 Å².